The molecular weight excluding hydrogens is 260 g/mol. The first-order valence-corrected chi connectivity index (χ1v) is 7.25. The maximum atomic E-state index is 11.9. The van der Waals surface area contributed by atoms with Crippen LogP contribution in [-0.2, 0) is 0 Å². The molecule has 0 unspecified atom stereocenters. The predicted molar refractivity (Wildman–Crippen MR) is 78.7 cm³/mol. The molecule has 1 amide bonds. The second-order valence-corrected chi connectivity index (χ2v) is 5.33. The van der Waals surface area contributed by atoms with Crippen molar-refractivity contribution in [3.63, 3.8) is 0 Å². The van der Waals surface area contributed by atoms with Gasteiger partial charge >= 0.3 is 0 Å². The normalized spacial score (nSPS) is 16.4. The van der Waals surface area contributed by atoms with Gasteiger partial charge in [0.25, 0.3) is 5.91 Å². The molecule has 0 heterocycles. The number of hydrogen-bond donors (Lipinski definition) is 1. The van der Waals surface area contributed by atoms with Crippen LogP contribution in [0.5, 0.6) is 0 Å². The standard InChI is InChI=1S/C15H19ClN2O/c16-13-8-6-7-12(11-13)15(19)18-17-14-9-4-2-1-3-5-10-14/h6-8,11H,1-5,9-10H2,(H,18,19). The first kappa shape index (κ1) is 14.1. The third-order valence-electron chi connectivity index (χ3n) is 3.33. The molecule has 1 fully saturated rings. The number of nitrogens with one attached hydrogen (secondary N) is 1. The molecule has 0 atom stereocenters. The number of rotatable bonds is 2. The van der Waals surface area contributed by atoms with Crippen LogP contribution in [0.15, 0.2) is 29.4 Å². The van der Waals surface area contributed by atoms with E-state index in [-0.39, 0.29) is 5.91 Å². The predicted octanol–water partition coefficient (Wildman–Crippen LogP) is 4.17. The number of carbonyl (C=O) groups excluding carboxylic acids is 1. The fourth-order valence-electron chi connectivity index (χ4n) is 2.25. The van der Waals surface area contributed by atoms with Gasteiger partial charge in [-0.3, -0.25) is 4.79 Å². The molecule has 1 aromatic carbocycles. The summed E-state index contributed by atoms with van der Waals surface area (Å²) in [6.07, 6.45) is 8.19. The van der Waals surface area contributed by atoms with Crippen molar-refractivity contribution in [2.24, 2.45) is 5.10 Å². The fourth-order valence-corrected chi connectivity index (χ4v) is 2.44. The van der Waals surface area contributed by atoms with Crippen LogP contribution in [0, 0.1) is 0 Å². The molecule has 4 heteroatoms. The Morgan fingerprint density at radius 2 is 1.79 bits per heavy atom. The Morgan fingerprint density at radius 1 is 1.11 bits per heavy atom. The summed E-state index contributed by atoms with van der Waals surface area (Å²) >= 11 is 5.86. The van der Waals surface area contributed by atoms with Gasteiger partial charge in [-0.15, -0.1) is 0 Å². The van der Waals surface area contributed by atoms with Gasteiger partial charge in [-0.05, 0) is 43.9 Å². The molecule has 1 aliphatic carbocycles. The van der Waals surface area contributed by atoms with Crippen molar-refractivity contribution in [3.8, 4) is 0 Å². The molecule has 0 aromatic heterocycles. The maximum Gasteiger partial charge on any atom is 0.271 e. The number of halogens is 1. The SMILES string of the molecule is O=C(NN=C1CCCCCCC1)c1cccc(Cl)c1. The molecular formula is C15H19ClN2O. The van der Waals surface area contributed by atoms with E-state index in [4.69, 9.17) is 11.6 Å². The van der Waals surface area contributed by atoms with Crippen LogP contribution in [0.1, 0.15) is 55.3 Å². The summed E-state index contributed by atoms with van der Waals surface area (Å²) in [6.45, 7) is 0. The summed E-state index contributed by atoms with van der Waals surface area (Å²) in [5, 5.41) is 4.83. The minimum Gasteiger partial charge on any atom is -0.267 e. The second kappa shape index (κ2) is 7.29. The first-order valence-electron chi connectivity index (χ1n) is 6.87. The lowest BCUT2D eigenvalue weighted by atomic mass is 9.99. The average molecular weight is 279 g/mol. The molecule has 1 saturated carbocycles. The van der Waals surface area contributed by atoms with E-state index >= 15 is 0 Å². The van der Waals surface area contributed by atoms with Gasteiger partial charge in [-0.2, -0.15) is 5.10 Å². The van der Waals surface area contributed by atoms with E-state index in [9.17, 15) is 4.79 Å². The lowest BCUT2D eigenvalue weighted by Crippen LogP contribution is -2.20. The Hall–Kier alpha value is -1.35. The van der Waals surface area contributed by atoms with Crippen molar-refractivity contribution in [3.05, 3.63) is 34.9 Å². The van der Waals surface area contributed by atoms with Crippen molar-refractivity contribution in [1.29, 1.82) is 0 Å². The Kier molecular flexibility index (Phi) is 5.40. The quantitative estimate of drug-likeness (QED) is 0.811. The van der Waals surface area contributed by atoms with E-state index in [1.54, 1.807) is 24.3 Å². The highest BCUT2D eigenvalue weighted by atomic mass is 35.5. The molecule has 1 N–H and O–H groups in total. The van der Waals surface area contributed by atoms with Crippen LogP contribution in [0.3, 0.4) is 0 Å². The third-order valence-corrected chi connectivity index (χ3v) is 3.57. The van der Waals surface area contributed by atoms with E-state index in [0.717, 1.165) is 18.6 Å². The highest BCUT2D eigenvalue weighted by Crippen LogP contribution is 2.15. The molecule has 3 nitrogen and oxygen atoms in total. The molecule has 1 aromatic rings. The van der Waals surface area contributed by atoms with Gasteiger partial charge < -0.3 is 0 Å². The van der Waals surface area contributed by atoms with Crippen LogP contribution in [0.25, 0.3) is 0 Å². The number of benzene rings is 1. The fraction of sp³-hybridized carbons (Fsp3) is 0.467. The molecule has 0 spiro atoms. The number of amides is 1. The average Bonchev–Trinajstić information content (AvgIpc) is 2.37. The topological polar surface area (TPSA) is 41.5 Å². The molecule has 2 rings (SSSR count). The molecule has 0 bridgehead atoms. The molecule has 0 aliphatic heterocycles. The van der Waals surface area contributed by atoms with E-state index in [1.165, 1.54) is 32.1 Å². The van der Waals surface area contributed by atoms with Gasteiger partial charge in [0.15, 0.2) is 0 Å². The summed E-state index contributed by atoms with van der Waals surface area (Å²) in [5.41, 5.74) is 4.29. The van der Waals surface area contributed by atoms with Crippen molar-refractivity contribution in [1.82, 2.24) is 5.43 Å². The molecule has 0 saturated heterocycles. The van der Waals surface area contributed by atoms with Crippen LogP contribution in [0.4, 0.5) is 0 Å². The highest BCUT2D eigenvalue weighted by Gasteiger charge is 2.07. The Bertz CT molecular complexity index is 461. The van der Waals surface area contributed by atoms with Crippen molar-refractivity contribution >= 4 is 23.2 Å². The number of carbonyl (C=O) groups is 1. The van der Waals surface area contributed by atoms with E-state index in [0.29, 0.717) is 10.6 Å². The van der Waals surface area contributed by atoms with Gasteiger partial charge in [-0.25, -0.2) is 5.43 Å². The zero-order valence-corrected chi connectivity index (χ0v) is 11.7. The van der Waals surface area contributed by atoms with Gasteiger partial charge in [0.05, 0.1) is 0 Å². The van der Waals surface area contributed by atoms with Gasteiger partial charge in [-0.1, -0.05) is 36.9 Å². The molecule has 19 heavy (non-hydrogen) atoms. The van der Waals surface area contributed by atoms with Crippen LogP contribution < -0.4 is 5.43 Å². The summed E-state index contributed by atoms with van der Waals surface area (Å²) in [4.78, 5) is 11.9. The summed E-state index contributed by atoms with van der Waals surface area (Å²) in [7, 11) is 0. The molecule has 102 valence electrons. The van der Waals surface area contributed by atoms with Crippen LogP contribution in [0.2, 0.25) is 5.02 Å². The zero-order chi connectivity index (χ0) is 13.5. The Labute approximate surface area is 119 Å². The number of hydrogen-bond acceptors (Lipinski definition) is 2. The smallest absolute Gasteiger partial charge is 0.267 e. The van der Waals surface area contributed by atoms with Crippen molar-refractivity contribution in [2.75, 3.05) is 0 Å². The third kappa shape index (κ3) is 4.67. The summed E-state index contributed by atoms with van der Waals surface area (Å²) in [5.74, 6) is -0.197. The zero-order valence-electron chi connectivity index (χ0n) is 11.0. The van der Waals surface area contributed by atoms with Crippen LogP contribution >= 0.6 is 11.6 Å². The second-order valence-electron chi connectivity index (χ2n) is 4.90. The van der Waals surface area contributed by atoms with E-state index in [2.05, 4.69) is 10.5 Å². The van der Waals surface area contributed by atoms with Crippen molar-refractivity contribution < 1.29 is 4.79 Å². The maximum absolute atomic E-state index is 11.9. The first-order chi connectivity index (χ1) is 9.25. The number of nitrogens with zero attached hydrogens (tertiary/aromatic N) is 1. The Balaban J connectivity index is 1.94. The minimum atomic E-state index is -0.197. The van der Waals surface area contributed by atoms with Crippen molar-refractivity contribution in [2.45, 2.75) is 44.9 Å². The Morgan fingerprint density at radius 3 is 2.47 bits per heavy atom. The monoisotopic (exact) mass is 278 g/mol. The van der Waals surface area contributed by atoms with Gasteiger partial charge in [0.2, 0.25) is 0 Å². The molecule has 1 aliphatic rings. The molecule has 0 radical (unpaired) electrons. The lowest BCUT2D eigenvalue weighted by molar-refractivity contribution is 0.0954. The highest BCUT2D eigenvalue weighted by molar-refractivity contribution is 6.30. The number of hydrazone groups is 1. The van der Waals surface area contributed by atoms with Crippen LogP contribution in [-0.4, -0.2) is 11.6 Å². The lowest BCUT2D eigenvalue weighted by Gasteiger charge is -2.11. The van der Waals surface area contributed by atoms with E-state index < -0.39 is 0 Å². The summed E-state index contributed by atoms with van der Waals surface area (Å²) < 4.78 is 0. The van der Waals surface area contributed by atoms with Gasteiger partial charge in [0.1, 0.15) is 0 Å². The van der Waals surface area contributed by atoms with Gasteiger partial charge in [0, 0.05) is 16.3 Å². The largest absolute Gasteiger partial charge is 0.271 e. The van der Waals surface area contributed by atoms with E-state index in [1.807, 2.05) is 0 Å². The minimum absolute atomic E-state index is 0.197. The summed E-state index contributed by atoms with van der Waals surface area (Å²) in [6, 6.07) is 6.90.